The number of aliphatic hydroxyl groups is 1. The molecule has 1 aliphatic rings. The van der Waals surface area contributed by atoms with Crippen LogP contribution in [0.1, 0.15) is 40.0 Å². The third kappa shape index (κ3) is 3.94. The van der Waals surface area contributed by atoms with Crippen molar-refractivity contribution in [2.24, 2.45) is 11.3 Å². The molecule has 1 saturated carbocycles. The van der Waals surface area contributed by atoms with Gasteiger partial charge in [0.15, 0.2) is 0 Å². The van der Waals surface area contributed by atoms with E-state index < -0.39 is 0 Å². The van der Waals surface area contributed by atoms with Gasteiger partial charge in [0.25, 0.3) is 0 Å². The predicted molar refractivity (Wildman–Crippen MR) is 73.0 cm³/mol. The van der Waals surface area contributed by atoms with Crippen molar-refractivity contribution in [3.8, 4) is 0 Å². The summed E-state index contributed by atoms with van der Waals surface area (Å²) in [6, 6.07) is 0. The highest BCUT2D eigenvalue weighted by Gasteiger charge is 2.41. The third-order valence-electron chi connectivity index (χ3n) is 3.57. The minimum Gasteiger partial charge on any atom is -0.394 e. The highest BCUT2D eigenvalue weighted by molar-refractivity contribution is 7.98. The van der Waals surface area contributed by atoms with Crippen LogP contribution in [0.15, 0.2) is 0 Å². The van der Waals surface area contributed by atoms with E-state index in [0.717, 1.165) is 25.1 Å². The average Bonchev–Trinajstić information content (AvgIpc) is 2.15. The van der Waals surface area contributed by atoms with E-state index in [9.17, 15) is 5.11 Å². The lowest BCUT2D eigenvalue weighted by Gasteiger charge is -2.47. The lowest BCUT2D eigenvalue weighted by atomic mass is 9.64. The molecule has 0 bridgehead atoms. The molecule has 1 fully saturated rings. The van der Waals surface area contributed by atoms with Crippen molar-refractivity contribution in [2.75, 3.05) is 25.2 Å². The van der Waals surface area contributed by atoms with Gasteiger partial charge in [0.2, 0.25) is 0 Å². The first kappa shape index (κ1) is 14.3. The van der Waals surface area contributed by atoms with E-state index in [-0.39, 0.29) is 12.1 Å². The minimum absolute atomic E-state index is 0.0309. The molecular formula is C13H27NOS. The standard InChI is InChI=1S/C13H27NOS/c1-11-7-12(2,3)9-13(8-11,10-15)14-5-6-16-4/h11,14-15H,5-10H2,1-4H3. The Morgan fingerprint density at radius 2 is 2.06 bits per heavy atom. The van der Waals surface area contributed by atoms with E-state index in [1.165, 1.54) is 6.42 Å². The van der Waals surface area contributed by atoms with Crippen LogP contribution < -0.4 is 5.32 Å². The Bertz CT molecular complexity index is 220. The van der Waals surface area contributed by atoms with Gasteiger partial charge in [-0.3, -0.25) is 0 Å². The van der Waals surface area contributed by atoms with Crippen LogP contribution in [0.5, 0.6) is 0 Å². The van der Waals surface area contributed by atoms with Gasteiger partial charge >= 0.3 is 0 Å². The van der Waals surface area contributed by atoms with Gasteiger partial charge in [0.05, 0.1) is 6.61 Å². The lowest BCUT2D eigenvalue weighted by Crippen LogP contribution is -2.55. The molecule has 0 aromatic carbocycles. The van der Waals surface area contributed by atoms with Crippen molar-refractivity contribution in [3.05, 3.63) is 0 Å². The number of nitrogens with one attached hydrogen (secondary N) is 1. The summed E-state index contributed by atoms with van der Waals surface area (Å²) in [7, 11) is 0. The zero-order valence-electron chi connectivity index (χ0n) is 11.2. The van der Waals surface area contributed by atoms with E-state index in [0.29, 0.717) is 11.3 Å². The van der Waals surface area contributed by atoms with Gasteiger partial charge in [0.1, 0.15) is 0 Å². The van der Waals surface area contributed by atoms with Crippen LogP contribution in [0.2, 0.25) is 0 Å². The van der Waals surface area contributed by atoms with E-state index >= 15 is 0 Å². The van der Waals surface area contributed by atoms with Crippen molar-refractivity contribution < 1.29 is 5.11 Å². The Hall–Kier alpha value is 0.270. The molecule has 0 amide bonds. The van der Waals surface area contributed by atoms with Gasteiger partial charge in [-0.25, -0.2) is 0 Å². The first-order valence-corrected chi connectivity index (χ1v) is 7.67. The molecule has 96 valence electrons. The lowest BCUT2D eigenvalue weighted by molar-refractivity contribution is 0.0379. The van der Waals surface area contributed by atoms with Crippen molar-refractivity contribution in [3.63, 3.8) is 0 Å². The van der Waals surface area contributed by atoms with Gasteiger partial charge in [-0.1, -0.05) is 20.8 Å². The second-order valence-electron chi connectivity index (χ2n) is 6.21. The summed E-state index contributed by atoms with van der Waals surface area (Å²) in [5.41, 5.74) is 0.323. The zero-order valence-corrected chi connectivity index (χ0v) is 12.0. The zero-order chi connectivity index (χ0) is 12.2. The number of aliphatic hydroxyl groups excluding tert-OH is 1. The average molecular weight is 245 g/mol. The summed E-state index contributed by atoms with van der Waals surface area (Å²) in [4.78, 5) is 0. The summed E-state index contributed by atoms with van der Waals surface area (Å²) in [6.45, 7) is 8.23. The molecule has 0 heterocycles. The fraction of sp³-hybridized carbons (Fsp3) is 1.00. The number of hydrogen-bond acceptors (Lipinski definition) is 3. The van der Waals surface area contributed by atoms with Crippen LogP contribution in [0.4, 0.5) is 0 Å². The maximum atomic E-state index is 9.72. The van der Waals surface area contributed by atoms with Gasteiger partial charge in [-0.2, -0.15) is 11.8 Å². The van der Waals surface area contributed by atoms with Crippen molar-refractivity contribution in [1.82, 2.24) is 5.32 Å². The minimum atomic E-state index is -0.0309. The summed E-state index contributed by atoms with van der Waals surface area (Å²) < 4.78 is 0. The largest absolute Gasteiger partial charge is 0.394 e. The molecule has 0 radical (unpaired) electrons. The summed E-state index contributed by atoms with van der Waals surface area (Å²) in [5.74, 6) is 1.83. The molecule has 0 aliphatic heterocycles. The van der Waals surface area contributed by atoms with Crippen LogP contribution in [0, 0.1) is 11.3 Å². The molecular weight excluding hydrogens is 218 g/mol. The molecule has 0 spiro atoms. The molecule has 0 aromatic rings. The van der Waals surface area contributed by atoms with Gasteiger partial charge in [-0.05, 0) is 36.9 Å². The normalized spacial score (nSPS) is 33.9. The maximum absolute atomic E-state index is 9.72. The Kier molecular flexibility index (Phi) is 5.14. The van der Waals surface area contributed by atoms with Crippen LogP contribution in [-0.2, 0) is 0 Å². The van der Waals surface area contributed by atoms with Gasteiger partial charge < -0.3 is 10.4 Å². The Labute approximate surface area is 105 Å². The summed E-state index contributed by atoms with van der Waals surface area (Å²) in [5, 5.41) is 13.3. The van der Waals surface area contributed by atoms with E-state index in [2.05, 4.69) is 32.3 Å². The topological polar surface area (TPSA) is 32.3 Å². The van der Waals surface area contributed by atoms with E-state index in [4.69, 9.17) is 0 Å². The van der Waals surface area contributed by atoms with Gasteiger partial charge in [0, 0.05) is 17.8 Å². The number of rotatable bonds is 5. The van der Waals surface area contributed by atoms with Crippen LogP contribution in [0.25, 0.3) is 0 Å². The molecule has 1 aliphatic carbocycles. The predicted octanol–water partition coefficient (Wildman–Crippen LogP) is 2.52. The van der Waals surface area contributed by atoms with Crippen LogP contribution in [-0.4, -0.2) is 35.8 Å². The second-order valence-corrected chi connectivity index (χ2v) is 7.20. The molecule has 2 atom stereocenters. The fourth-order valence-electron chi connectivity index (χ4n) is 3.47. The molecule has 1 rings (SSSR count). The Morgan fingerprint density at radius 1 is 1.38 bits per heavy atom. The fourth-order valence-corrected chi connectivity index (χ4v) is 3.78. The SMILES string of the molecule is CSCCNC1(CO)CC(C)CC(C)(C)C1. The van der Waals surface area contributed by atoms with E-state index in [1.807, 2.05) is 11.8 Å². The Morgan fingerprint density at radius 3 is 2.56 bits per heavy atom. The summed E-state index contributed by atoms with van der Waals surface area (Å²) in [6.07, 6.45) is 5.61. The first-order chi connectivity index (χ1) is 7.43. The van der Waals surface area contributed by atoms with Crippen molar-refractivity contribution in [2.45, 2.75) is 45.6 Å². The number of thioether (sulfide) groups is 1. The molecule has 3 heteroatoms. The van der Waals surface area contributed by atoms with E-state index in [1.54, 1.807) is 0 Å². The molecule has 0 aromatic heterocycles. The van der Waals surface area contributed by atoms with Crippen molar-refractivity contribution in [1.29, 1.82) is 0 Å². The van der Waals surface area contributed by atoms with Gasteiger partial charge in [-0.15, -0.1) is 0 Å². The second kappa shape index (κ2) is 5.74. The molecule has 0 saturated heterocycles. The third-order valence-corrected chi connectivity index (χ3v) is 4.18. The molecule has 2 nitrogen and oxygen atoms in total. The first-order valence-electron chi connectivity index (χ1n) is 6.28. The monoisotopic (exact) mass is 245 g/mol. The highest BCUT2D eigenvalue weighted by atomic mass is 32.2. The van der Waals surface area contributed by atoms with Crippen molar-refractivity contribution >= 4 is 11.8 Å². The molecule has 16 heavy (non-hydrogen) atoms. The van der Waals surface area contributed by atoms with Crippen LogP contribution >= 0.6 is 11.8 Å². The Balaban J connectivity index is 2.62. The maximum Gasteiger partial charge on any atom is 0.0613 e. The summed E-state index contributed by atoms with van der Waals surface area (Å²) >= 11 is 1.86. The number of hydrogen-bond donors (Lipinski definition) is 2. The van der Waals surface area contributed by atoms with Crippen LogP contribution in [0.3, 0.4) is 0 Å². The highest BCUT2D eigenvalue weighted by Crippen LogP contribution is 2.43. The quantitative estimate of drug-likeness (QED) is 0.730. The molecule has 2 N–H and O–H groups in total. The smallest absolute Gasteiger partial charge is 0.0613 e. The molecule has 2 unspecified atom stereocenters.